The third kappa shape index (κ3) is 9.35. The number of rotatable bonds is 13. The fourth-order valence-electron chi connectivity index (χ4n) is 6.94. The van der Waals surface area contributed by atoms with Gasteiger partial charge in [-0.15, -0.1) is 6.58 Å². The molecule has 3 fully saturated rings. The van der Waals surface area contributed by atoms with Crippen molar-refractivity contribution < 1.29 is 37.1 Å². The fourth-order valence-corrected chi connectivity index (χ4v) is 7.92. The molecule has 5 atom stereocenters. The van der Waals surface area contributed by atoms with E-state index >= 15 is 0 Å². The van der Waals surface area contributed by atoms with Crippen LogP contribution in [-0.2, 0) is 33.8 Å². The lowest BCUT2D eigenvalue weighted by atomic mass is 9.83. The molecule has 2 aliphatic carbocycles. The quantitative estimate of drug-likeness (QED) is 0.197. The Morgan fingerprint density at radius 3 is 2.17 bits per heavy atom. The summed E-state index contributed by atoms with van der Waals surface area (Å²) in [5, 5.41) is 7.97. The van der Waals surface area contributed by atoms with Crippen molar-refractivity contribution in [1.82, 2.24) is 20.9 Å². The number of likely N-dealkylation sites (tertiary alicyclic amines) is 1. The van der Waals surface area contributed by atoms with Crippen molar-refractivity contribution in [2.24, 2.45) is 23.2 Å². The zero-order valence-electron chi connectivity index (χ0n) is 29.4. The molecule has 12 nitrogen and oxygen atoms in total. The average molecular weight is 681 g/mol. The van der Waals surface area contributed by atoms with Crippen molar-refractivity contribution in [3.63, 3.8) is 0 Å². The number of hydrogen-bond acceptors (Lipinski definition) is 8. The van der Waals surface area contributed by atoms with E-state index in [1.54, 1.807) is 52.5 Å². The van der Waals surface area contributed by atoms with E-state index in [1.807, 2.05) is 13.8 Å². The Balaban J connectivity index is 1.80. The highest BCUT2D eigenvalue weighted by Gasteiger charge is 2.69. The Bertz CT molecular complexity index is 1320. The van der Waals surface area contributed by atoms with Crippen LogP contribution in [-0.4, -0.2) is 90.2 Å². The highest BCUT2D eigenvalue weighted by molar-refractivity contribution is 7.92. The number of amides is 4. The number of ether oxygens (including phenoxy) is 1. The number of nitrogens with zero attached hydrogens (tertiary/aromatic N) is 1. The van der Waals surface area contributed by atoms with Gasteiger partial charge in [0.1, 0.15) is 17.7 Å². The van der Waals surface area contributed by atoms with Gasteiger partial charge in [0.05, 0.1) is 16.5 Å². The van der Waals surface area contributed by atoms with Crippen LogP contribution in [0.1, 0.15) is 100 Å². The first-order valence-corrected chi connectivity index (χ1v) is 18.5. The number of allylic oxidation sites excluding steroid dienone is 1. The molecule has 0 aromatic heterocycles. The summed E-state index contributed by atoms with van der Waals surface area (Å²) in [6, 6.07) is -2.96. The van der Waals surface area contributed by atoms with Crippen molar-refractivity contribution in [2.45, 2.75) is 129 Å². The molecule has 266 valence electrons. The SMILES string of the molecule is C=CCC[C@@H](NC(=O)[C@@H]1[C@@H]2[C@H](CN1C(=O)[C@@H](NC(=O)OC(C)(C)C)C1CCCCC1)C2(C)C)C(=O)C(=O)NCCS(=O)(=O)C(C)(C)C. The Kier molecular flexibility index (Phi) is 12.0. The maximum absolute atomic E-state index is 14.3. The van der Waals surface area contributed by atoms with Crippen LogP contribution in [0.3, 0.4) is 0 Å². The Labute approximate surface area is 280 Å². The molecular formula is C34H56N4O8S. The van der Waals surface area contributed by atoms with Crippen LogP contribution in [0.2, 0.25) is 0 Å². The van der Waals surface area contributed by atoms with Gasteiger partial charge >= 0.3 is 6.09 Å². The number of nitrogens with one attached hydrogen (secondary N) is 3. The zero-order chi connectivity index (χ0) is 35.5. The number of sulfone groups is 1. The summed E-state index contributed by atoms with van der Waals surface area (Å²) in [7, 11) is -3.52. The highest BCUT2D eigenvalue weighted by Crippen LogP contribution is 2.65. The summed E-state index contributed by atoms with van der Waals surface area (Å²) in [6.07, 6.45) is 5.76. The average Bonchev–Trinajstić information content (AvgIpc) is 3.27. The van der Waals surface area contributed by atoms with E-state index in [4.69, 9.17) is 4.74 Å². The molecule has 1 aliphatic heterocycles. The lowest BCUT2D eigenvalue weighted by Gasteiger charge is -2.37. The number of piperidine rings is 1. The zero-order valence-corrected chi connectivity index (χ0v) is 30.3. The summed E-state index contributed by atoms with van der Waals surface area (Å²) < 4.78 is 29.4. The van der Waals surface area contributed by atoms with Gasteiger partial charge in [-0.25, -0.2) is 13.2 Å². The monoisotopic (exact) mass is 680 g/mol. The van der Waals surface area contributed by atoms with Crippen molar-refractivity contribution in [3.8, 4) is 0 Å². The van der Waals surface area contributed by atoms with Gasteiger partial charge in [0.25, 0.3) is 5.91 Å². The van der Waals surface area contributed by atoms with Gasteiger partial charge < -0.3 is 25.6 Å². The summed E-state index contributed by atoms with van der Waals surface area (Å²) in [5.74, 6) is -3.33. The van der Waals surface area contributed by atoms with Gasteiger partial charge in [-0.1, -0.05) is 39.2 Å². The minimum absolute atomic E-state index is 0.0612. The molecule has 47 heavy (non-hydrogen) atoms. The topological polar surface area (TPSA) is 168 Å². The van der Waals surface area contributed by atoms with Gasteiger partial charge in [0.2, 0.25) is 17.6 Å². The molecule has 2 saturated carbocycles. The van der Waals surface area contributed by atoms with Crippen LogP contribution in [0.15, 0.2) is 12.7 Å². The largest absolute Gasteiger partial charge is 0.444 e. The molecule has 0 radical (unpaired) electrons. The van der Waals surface area contributed by atoms with E-state index in [-0.39, 0.29) is 47.8 Å². The van der Waals surface area contributed by atoms with Crippen LogP contribution in [0.5, 0.6) is 0 Å². The van der Waals surface area contributed by atoms with E-state index in [2.05, 4.69) is 22.5 Å². The predicted octanol–water partition coefficient (Wildman–Crippen LogP) is 3.29. The van der Waals surface area contributed by atoms with Crippen LogP contribution in [0.4, 0.5) is 4.79 Å². The number of hydrogen-bond donors (Lipinski definition) is 3. The first kappa shape index (κ1) is 38.5. The molecule has 3 aliphatic rings. The number of carbonyl (C=O) groups excluding carboxylic acids is 5. The minimum Gasteiger partial charge on any atom is -0.444 e. The number of Topliss-reactive ketones (excluding diaryl/α,β-unsaturated/α-hetero) is 1. The van der Waals surface area contributed by atoms with Crippen molar-refractivity contribution in [1.29, 1.82) is 0 Å². The standard InChI is InChI=1S/C34H56N4O8S/c1-10-11-17-23(27(39)29(41)35-18-19-47(44,45)33(5,6)7)36-28(40)26-24-22(34(24,8)9)20-38(26)30(42)25(21-15-13-12-14-16-21)37-31(43)46-32(2,3)4/h10,21-26H,1,11-20H2,2-9H3,(H,35,41)(H,36,40)(H,37,43)/t22-,23+,24-,25-,26-/m0/s1. The first-order chi connectivity index (χ1) is 21.6. The molecule has 0 bridgehead atoms. The molecule has 0 spiro atoms. The third-order valence-electron chi connectivity index (χ3n) is 9.93. The molecule has 4 amide bonds. The second kappa shape index (κ2) is 14.7. The van der Waals surface area contributed by atoms with Gasteiger partial charge in [0, 0.05) is 13.1 Å². The second-order valence-electron chi connectivity index (χ2n) is 15.9. The fraction of sp³-hybridized carbons (Fsp3) is 0.794. The molecule has 3 rings (SSSR count). The van der Waals surface area contributed by atoms with Crippen molar-refractivity contribution in [2.75, 3.05) is 18.8 Å². The molecule has 0 unspecified atom stereocenters. The lowest BCUT2D eigenvalue weighted by molar-refractivity contribution is -0.145. The Hall–Kier alpha value is -2.96. The Morgan fingerprint density at radius 2 is 1.62 bits per heavy atom. The Morgan fingerprint density at radius 1 is 1.00 bits per heavy atom. The second-order valence-corrected chi connectivity index (χ2v) is 18.8. The van der Waals surface area contributed by atoms with Crippen LogP contribution in [0.25, 0.3) is 0 Å². The van der Waals surface area contributed by atoms with Gasteiger partial charge in [-0.2, -0.15) is 0 Å². The lowest BCUT2D eigenvalue weighted by Crippen LogP contribution is -2.60. The first-order valence-electron chi connectivity index (χ1n) is 16.9. The third-order valence-corrected chi connectivity index (χ3v) is 12.5. The van der Waals surface area contributed by atoms with Crippen LogP contribution < -0.4 is 16.0 Å². The molecular weight excluding hydrogens is 624 g/mol. The number of carbonyl (C=O) groups is 5. The van der Waals surface area contributed by atoms with Gasteiger partial charge in [-0.3, -0.25) is 19.2 Å². The van der Waals surface area contributed by atoms with Crippen molar-refractivity contribution in [3.05, 3.63) is 12.7 Å². The number of fused-ring (bicyclic) bond motifs is 1. The smallest absolute Gasteiger partial charge is 0.408 e. The highest BCUT2D eigenvalue weighted by atomic mass is 32.2. The molecule has 3 N–H and O–H groups in total. The summed E-state index contributed by atoms with van der Waals surface area (Å²) >= 11 is 0. The molecule has 13 heteroatoms. The summed E-state index contributed by atoms with van der Waals surface area (Å²) in [6.45, 7) is 17.8. The maximum atomic E-state index is 14.3. The van der Waals surface area contributed by atoms with Crippen LogP contribution >= 0.6 is 0 Å². The minimum atomic E-state index is -3.52. The molecule has 0 aromatic carbocycles. The number of alkyl carbamates (subject to hydrolysis) is 1. The summed E-state index contributed by atoms with van der Waals surface area (Å²) in [4.78, 5) is 68.9. The summed E-state index contributed by atoms with van der Waals surface area (Å²) in [5.41, 5.74) is -0.972. The molecule has 0 aromatic rings. The van der Waals surface area contributed by atoms with E-state index in [0.717, 1.165) is 32.1 Å². The van der Waals surface area contributed by atoms with Crippen LogP contribution in [0, 0.1) is 23.2 Å². The van der Waals surface area contributed by atoms with E-state index in [0.29, 0.717) is 13.0 Å². The predicted molar refractivity (Wildman–Crippen MR) is 179 cm³/mol. The van der Waals surface area contributed by atoms with Gasteiger partial charge in [0.15, 0.2) is 9.84 Å². The molecule has 1 heterocycles. The van der Waals surface area contributed by atoms with E-state index in [1.165, 1.54) is 0 Å². The normalized spacial score (nSPS) is 23.9. The maximum Gasteiger partial charge on any atom is 0.408 e. The van der Waals surface area contributed by atoms with Gasteiger partial charge in [-0.05, 0) is 90.4 Å². The van der Waals surface area contributed by atoms with E-state index in [9.17, 15) is 32.4 Å². The van der Waals surface area contributed by atoms with Crippen molar-refractivity contribution >= 4 is 39.4 Å². The van der Waals surface area contributed by atoms with E-state index < -0.39 is 62.0 Å². The number of ketones is 1. The molecule has 1 saturated heterocycles.